The summed E-state index contributed by atoms with van der Waals surface area (Å²) in [6.07, 6.45) is 0.836. The lowest BCUT2D eigenvalue weighted by molar-refractivity contribution is 0.151. The van der Waals surface area contributed by atoms with Crippen LogP contribution in [0, 0.1) is 0 Å². The minimum absolute atomic E-state index is 0.220. The number of aliphatic imine (C=N–C) groups is 1. The summed E-state index contributed by atoms with van der Waals surface area (Å²) in [5.41, 5.74) is 1.72. The van der Waals surface area contributed by atoms with Crippen LogP contribution in [0.4, 0.5) is 4.79 Å². The molecule has 0 aliphatic heterocycles. The highest BCUT2D eigenvalue weighted by atomic mass is 35.5. The molecule has 0 aliphatic carbocycles. The molecule has 1 amide bonds. The first-order valence-electron chi connectivity index (χ1n) is 5.74. The molecular weight excluding hydrogens is 262 g/mol. The molecule has 3 nitrogen and oxygen atoms in total. The van der Waals surface area contributed by atoms with E-state index in [9.17, 15) is 4.79 Å². The Kier molecular flexibility index (Phi) is 4.70. The summed E-state index contributed by atoms with van der Waals surface area (Å²) in [6, 6.07) is 16.5. The maximum atomic E-state index is 11.4. The first kappa shape index (κ1) is 13.3. The van der Waals surface area contributed by atoms with Gasteiger partial charge in [0.2, 0.25) is 0 Å². The first-order valence-corrected chi connectivity index (χ1v) is 6.12. The summed E-state index contributed by atoms with van der Waals surface area (Å²) in [5.74, 6) is 0. The van der Waals surface area contributed by atoms with Crippen LogP contribution in [0.15, 0.2) is 59.6 Å². The van der Waals surface area contributed by atoms with E-state index in [4.69, 9.17) is 16.3 Å². The van der Waals surface area contributed by atoms with Crippen LogP contribution >= 0.6 is 11.6 Å². The maximum Gasteiger partial charge on any atom is 0.433 e. The first-order chi connectivity index (χ1) is 9.24. The minimum Gasteiger partial charge on any atom is -0.443 e. The van der Waals surface area contributed by atoms with Gasteiger partial charge in [-0.25, -0.2) is 4.79 Å². The smallest absolute Gasteiger partial charge is 0.433 e. The van der Waals surface area contributed by atoms with Crippen LogP contribution in [-0.4, -0.2) is 12.3 Å². The number of rotatable bonds is 3. The van der Waals surface area contributed by atoms with E-state index in [1.54, 1.807) is 24.3 Å². The van der Waals surface area contributed by atoms with Crippen molar-refractivity contribution in [3.63, 3.8) is 0 Å². The van der Waals surface area contributed by atoms with E-state index in [1.807, 2.05) is 30.3 Å². The molecule has 0 unspecified atom stereocenters. The number of nitrogens with zero attached hydrogens (tertiary/aromatic N) is 1. The molecule has 4 heteroatoms. The van der Waals surface area contributed by atoms with Gasteiger partial charge in [0.25, 0.3) is 0 Å². The molecule has 2 aromatic carbocycles. The van der Waals surface area contributed by atoms with Crippen molar-refractivity contribution < 1.29 is 9.53 Å². The average molecular weight is 274 g/mol. The Hall–Kier alpha value is -2.13. The Bertz CT molecular complexity index is 564. The van der Waals surface area contributed by atoms with E-state index >= 15 is 0 Å². The Labute approximate surface area is 116 Å². The second-order valence-corrected chi connectivity index (χ2v) is 4.29. The van der Waals surface area contributed by atoms with Crippen LogP contribution in [-0.2, 0) is 11.3 Å². The number of benzene rings is 2. The van der Waals surface area contributed by atoms with Crippen LogP contribution < -0.4 is 0 Å². The number of carbonyl (C=O) groups is 1. The molecule has 0 atom stereocenters. The van der Waals surface area contributed by atoms with Gasteiger partial charge in [-0.3, -0.25) is 0 Å². The van der Waals surface area contributed by atoms with E-state index in [2.05, 4.69) is 4.99 Å². The Morgan fingerprint density at radius 1 is 1.11 bits per heavy atom. The summed E-state index contributed by atoms with van der Waals surface area (Å²) in [5, 5.41) is 0.642. The monoisotopic (exact) mass is 273 g/mol. The van der Waals surface area contributed by atoms with Gasteiger partial charge in [-0.15, -0.1) is 0 Å². The lowest BCUT2D eigenvalue weighted by Crippen LogP contribution is -1.99. The second kappa shape index (κ2) is 6.71. The lowest BCUT2D eigenvalue weighted by Gasteiger charge is -2.00. The summed E-state index contributed by atoms with van der Waals surface area (Å²) >= 11 is 5.76. The molecule has 0 radical (unpaired) electrons. The summed E-state index contributed by atoms with van der Waals surface area (Å²) in [7, 11) is 0. The molecule has 2 aromatic rings. The average Bonchev–Trinajstić information content (AvgIpc) is 2.45. The Morgan fingerprint density at radius 3 is 2.47 bits per heavy atom. The Morgan fingerprint density at radius 2 is 1.79 bits per heavy atom. The van der Waals surface area contributed by atoms with Crippen molar-refractivity contribution in [3.05, 3.63) is 70.7 Å². The van der Waals surface area contributed by atoms with Gasteiger partial charge >= 0.3 is 6.09 Å². The highest BCUT2D eigenvalue weighted by molar-refractivity contribution is 6.30. The Balaban J connectivity index is 1.86. The fraction of sp³-hybridized carbons (Fsp3) is 0.0667. The fourth-order valence-corrected chi connectivity index (χ4v) is 1.56. The lowest BCUT2D eigenvalue weighted by atomic mass is 10.2. The van der Waals surface area contributed by atoms with E-state index in [0.717, 1.165) is 11.1 Å². The topological polar surface area (TPSA) is 38.7 Å². The molecule has 0 aromatic heterocycles. The molecule has 0 saturated heterocycles. The maximum absolute atomic E-state index is 11.4. The quantitative estimate of drug-likeness (QED) is 0.790. The van der Waals surface area contributed by atoms with Gasteiger partial charge in [0.1, 0.15) is 6.61 Å². The van der Waals surface area contributed by atoms with Crippen molar-refractivity contribution in [2.75, 3.05) is 0 Å². The van der Waals surface area contributed by atoms with Crippen molar-refractivity contribution in [1.29, 1.82) is 0 Å². The molecular formula is C15H12ClNO2. The third-order valence-electron chi connectivity index (χ3n) is 2.39. The molecule has 0 heterocycles. The van der Waals surface area contributed by atoms with Crippen LogP contribution in [0.3, 0.4) is 0 Å². The zero-order valence-electron chi connectivity index (χ0n) is 10.1. The molecule has 0 bridgehead atoms. The molecule has 0 N–H and O–H groups in total. The van der Waals surface area contributed by atoms with E-state index in [1.165, 1.54) is 6.21 Å². The van der Waals surface area contributed by atoms with Crippen LogP contribution in [0.2, 0.25) is 5.02 Å². The van der Waals surface area contributed by atoms with E-state index in [0.29, 0.717) is 5.02 Å². The summed E-state index contributed by atoms with van der Waals surface area (Å²) in [6.45, 7) is 0.220. The van der Waals surface area contributed by atoms with Gasteiger partial charge in [-0.2, -0.15) is 4.99 Å². The minimum atomic E-state index is -0.612. The largest absolute Gasteiger partial charge is 0.443 e. The molecule has 2 rings (SSSR count). The van der Waals surface area contributed by atoms with E-state index < -0.39 is 6.09 Å². The molecule has 0 fully saturated rings. The zero-order valence-corrected chi connectivity index (χ0v) is 10.9. The highest BCUT2D eigenvalue weighted by Crippen LogP contribution is 2.08. The van der Waals surface area contributed by atoms with Gasteiger partial charge in [0, 0.05) is 11.2 Å². The molecule has 0 spiro atoms. The number of hydrogen-bond donors (Lipinski definition) is 0. The summed E-state index contributed by atoms with van der Waals surface area (Å²) < 4.78 is 5.01. The SMILES string of the molecule is O=C(/N=C/c1ccc(Cl)cc1)OCc1ccccc1. The molecule has 0 aliphatic rings. The predicted molar refractivity (Wildman–Crippen MR) is 75.7 cm³/mol. The second-order valence-electron chi connectivity index (χ2n) is 3.85. The summed E-state index contributed by atoms with van der Waals surface area (Å²) in [4.78, 5) is 15.1. The van der Waals surface area contributed by atoms with Crippen molar-refractivity contribution in [3.8, 4) is 0 Å². The molecule has 19 heavy (non-hydrogen) atoms. The normalized spacial score (nSPS) is 10.6. The van der Waals surface area contributed by atoms with Gasteiger partial charge in [-0.1, -0.05) is 54.1 Å². The molecule has 0 saturated carbocycles. The number of halogens is 1. The van der Waals surface area contributed by atoms with E-state index in [-0.39, 0.29) is 6.61 Å². The van der Waals surface area contributed by atoms with Gasteiger partial charge in [-0.05, 0) is 23.3 Å². The van der Waals surface area contributed by atoms with Crippen LogP contribution in [0.25, 0.3) is 0 Å². The van der Waals surface area contributed by atoms with Gasteiger partial charge in [0.05, 0.1) is 0 Å². The number of ether oxygens (including phenoxy) is 1. The van der Waals surface area contributed by atoms with Crippen molar-refractivity contribution in [2.45, 2.75) is 6.61 Å². The standard InChI is InChI=1S/C15H12ClNO2/c16-14-8-6-12(7-9-14)10-17-15(18)19-11-13-4-2-1-3-5-13/h1-10H,11H2/b17-10+. The third-order valence-corrected chi connectivity index (χ3v) is 2.65. The van der Waals surface area contributed by atoms with Gasteiger partial charge in [0.15, 0.2) is 0 Å². The molecule has 96 valence electrons. The number of hydrogen-bond acceptors (Lipinski definition) is 2. The fourth-order valence-electron chi connectivity index (χ4n) is 1.43. The van der Waals surface area contributed by atoms with Crippen molar-refractivity contribution >= 4 is 23.9 Å². The third kappa shape index (κ3) is 4.56. The number of carbonyl (C=O) groups excluding carboxylic acids is 1. The number of amides is 1. The van der Waals surface area contributed by atoms with Crippen molar-refractivity contribution in [2.24, 2.45) is 4.99 Å². The highest BCUT2D eigenvalue weighted by Gasteiger charge is 1.99. The predicted octanol–water partition coefficient (Wildman–Crippen LogP) is 4.10. The van der Waals surface area contributed by atoms with Gasteiger partial charge < -0.3 is 4.74 Å². The zero-order chi connectivity index (χ0) is 13.5. The van der Waals surface area contributed by atoms with Crippen LogP contribution in [0.1, 0.15) is 11.1 Å². The van der Waals surface area contributed by atoms with Crippen molar-refractivity contribution in [1.82, 2.24) is 0 Å². The van der Waals surface area contributed by atoms with Crippen LogP contribution in [0.5, 0.6) is 0 Å².